The Labute approximate surface area is 160 Å². The Morgan fingerprint density at radius 1 is 1.12 bits per heavy atom. The van der Waals surface area contributed by atoms with E-state index >= 15 is 0 Å². The maximum atomic E-state index is 6.10. The lowest BCUT2D eigenvalue weighted by Crippen LogP contribution is -2.06. The molecule has 0 bridgehead atoms. The smallest absolute Gasteiger partial charge is 0.214 e. The fourth-order valence-electron chi connectivity index (χ4n) is 2.43. The fourth-order valence-corrected chi connectivity index (χ4v) is 3.58. The Bertz CT molecular complexity index is 865. The van der Waals surface area contributed by atoms with Crippen LogP contribution < -0.4 is 4.74 Å². The topological polar surface area (TPSA) is 52.8 Å². The zero-order valence-electron chi connectivity index (χ0n) is 13.7. The van der Waals surface area contributed by atoms with Gasteiger partial charge in [0.05, 0.1) is 17.3 Å². The van der Waals surface area contributed by atoms with Crippen molar-refractivity contribution in [3.05, 3.63) is 57.6 Å². The third-order valence-electron chi connectivity index (χ3n) is 3.56. The maximum Gasteiger partial charge on any atom is 0.214 e. The first-order valence-corrected chi connectivity index (χ1v) is 9.36. The van der Waals surface area contributed by atoms with Crippen molar-refractivity contribution in [2.45, 2.75) is 19.0 Å². The molecule has 0 aliphatic rings. The van der Waals surface area contributed by atoms with Gasteiger partial charge in [0, 0.05) is 10.8 Å². The van der Waals surface area contributed by atoms with E-state index in [1.165, 1.54) is 11.8 Å². The molecule has 25 heavy (non-hydrogen) atoms. The van der Waals surface area contributed by atoms with Gasteiger partial charge >= 0.3 is 0 Å². The van der Waals surface area contributed by atoms with E-state index in [4.69, 9.17) is 27.9 Å². The number of para-hydroxylation sites is 1. The van der Waals surface area contributed by atoms with E-state index in [0.29, 0.717) is 28.2 Å². The molecule has 0 saturated carbocycles. The van der Waals surface area contributed by atoms with E-state index in [9.17, 15) is 0 Å². The van der Waals surface area contributed by atoms with Gasteiger partial charge in [-0.05, 0) is 53.6 Å². The van der Waals surface area contributed by atoms with Crippen molar-refractivity contribution in [3.8, 4) is 11.4 Å². The Morgan fingerprint density at radius 2 is 1.88 bits per heavy atom. The van der Waals surface area contributed by atoms with Gasteiger partial charge in [0.1, 0.15) is 5.75 Å². The number of rotatable bonds is 6. The summed E-state index contributed by atoms with van der Waals surface area (Å²) in [6.07, 6.45) is 0. The Morgan fingerprint density at radius 3 is 2.60 bits per heavy atom. The monoisotopic (exact) mass is 394 g/mol. The molecule has 5 nitrogen and oxygen atoms in total. The normalized spacial score (nSPS) is 10.9. The average Bonchev–Trinajstić information content (AvgIpc) is 3.01. The summed E-state index contributed by atoms with van der Waals surface area (Å²) in [7, 11) is 0. The van der Waals surface area contributed by atoms with Gasteiger partial charge in [-0.15, -0.1) is 5.10 Å². The second-order valence-corrected chi connectivity index (χ2v) is 7.29. The molecule has 0 amide bonds. The molecule has 0 unspecified atom stereocenters. The second kappa shape index (κ2) is 8.08. The lowest BCUT2D eigenvalue weighted by Gasteiger charge is -2.11. The Hall–Kier alpha value is -1.76. The summed E-state index contributed by atoms with van der Waals surface area (Å²) in [4.78, 5) is 0. The number of ether oxygens (including phenoxy) is 1. The van der Waals surface area contributed by atoms with Crippen LogP contribution >= 0.6 is 35.0 Å². The third-order valence-corrected chi connectivity index (χ3v) is 4.97. The number of thioether (sulfide) groups is 1. The molecule has 0 spiro atoms. The number of benzene rings is 2. The number of aromatic nitrogens is 4. The molecule has 1 heterocycles. The highest BCUT2D eigenvalue weighted by Gasteiger charge is 2.13. The van der Waals surface area contributed by atoms with Crippen LogP contribution in [-0.4, -0.2) is 32.6 Å². The van der Waals surface area contributed by atoms with Gasteiger partial charge < -0.3 is 4.74 Å². The summed E-state index contributed by atoms with van der Waals surface area (Å²) >= 11 is 13.5. The van der Waals surface area contributed by atoms with Crippen LogP contribution in [0.1, 0.15) is 11.1 Å². The van der Waals surface area contributed by atoms with Crippen LogP contribution in [0, 0.1) is 13.8 Å². The number of hydrogen-bond donors (Lipinski definition) is 0. The van der Waals surface area contributed by atoms with E-state index in [1.54, 1.807) is 22.9 Å². The quantitative estimate of drug-likeness (QED) is 0.445. The predicted molar refractivity (Wildman–Crippen MR) is 101 cm³/mol. The van der Waals surface area contributed by atoms with E-state index in [0.717, 1.165) is 22.0 Å². The van der Waals surface area contributed by atoms with Gasteiger partial charge in [-0.1, -0.05) is 53.2 Å². The molecule has 0 N–H and O–H groups in total. The minimum atomic E-state index is 0.478. The first-order valence-electron chi connectivity index (χ1n) is 7.62. The van der Waals surface area contributed by atoms with Gasteiger partial charge in [0.25, 0.3) is 0 Å². The summed E-state index contributed by atoms with van der Waals surface area (Å²) < 4.78 is 7.46. The van der Waals surface area contributed by atoms with E-state index in [1.807, 2.05) is 32.0 Å². The zero-order chi connectivity index (χ0) is 17.8. The van der Waals surface area contributed by atoms with Crippen molar-refractivity contribution in [1.29, 1.82) is 0 Å². The Kier molecular flexibility index (Phi) is 5.83. The van der Waals surface area contributed by atoms with E-state index in [2.05, 4.69) is 15.5 Å². The molecule has 3 rings (SSSR count). The molecule has 130 valence electrons. The SMILES string of the molecule is Cc1cccc(C)c1-n1nnnc1SCCOc1ccc(Cl)cc1Cl. The lowest BCUT2D eigenvalue weighted by molar-refractivity contribution is 0.344. The molecule has 0 aliphatic heterocycles. The first kappa shape index (κ1) is 18.0. The highest BCUT2D eigenvalue weighted by molar-refractivity contribution is 7.99. The summed E-state index contributed by atoms with van der Waals surface area (Å²) in [6.45, 7) is 4.57. The second-order valence-electron chi connectivity index (χ2n) is 5.39. The zero-order valence-corrected chi connectivity index (χ0v) is 16.1. The Balaban J connectivity index is 1.64. The first-order chi connectivity index (χ1) is 12.1. The molecule has 0 saturated heterocycles. The molecule has 0 aliphatic carbocycles. The number of halogens is 2. The van der Waals surface area contributed by atoms with Crippen LogP contribution in [0.5, 0.6) is 5.75 Å². The molecule has 3 aromatic rings. The number of nitrogens with zero attached hydrogens (tertiary/aromatic N) is 4. The van der Waals surface area contributed by atoms with Gasteiger partial charge in [0.2, 0.25) is 5.16 Å². The van der Waals surface area contributed by atoms with Gasteiger partial charge in [0.15, 0.2) is 0 Å². The molecule has 1 aromatic heterocycles. The van der Waals surface area contributed by atoms with Gasteiger partial charge in [-0.3, -0.25) is 0 Å². The largest absolute Gasteiger partial charge is 0.491 e. The molecule has 2 aromatic carbocycles. The summed E-state index contributed by atoms with van der Waals surface area (Å²) in [5, 5.41) is 13.9. The molecule has 0 fully saturated rings. The highest BCUT2D eigenvalue weighted by atomic mass is 35.5. The fraction of sp³-hybridized carbons (Fsp3) is 0.235. The van der Waals surface area contributed by atoms with Gasteiger partial charge in [-0.25, -0.2) is 0 Å². The van der Waals surface area contributed by atoms with Crippen LogP contribution in [-0.2, 0) is 0 Å². The number of tetrazole rings is 1. The van der Waals surface area contributed by atoms with Crippen molar-refractivity contribution >= 4 is 35.0 Å². The van der Waals surface area contributed by atoms with Crippen LogP contribution in [0.25, 0.3) is 5.69 Å². The van der Waals surface area contributed by atoms with E-state index in [-0.39, 0.29) is 0 Å². The van der Waals surface area contributed by atoms with Crippen LogP contribution in [0.3, 0.4) is 0 Å². The van der Waals surface area contributed by atoms with Gasteiger partial charge in [-0.2, -0.15) is 4.68 Å². The van der Waals surface area contributed by atoms with Crippen molar-refractivity contribution in [2.75, 3.05) is 12.4 Å². The highest BCUT2D eigenvalue weighted by Crippen LogP contribution is 2.28. The molecular formula is C17H16Cl2N4OS. The predicted octanol–water partition coefficient (Wildman–Crippen LogP) is 4.76. The van der Waals surface area contributed by atoms with Crippen molar-refractivity contribution in [2.24, 2.45) is 0 Å². The van der Waals surface area contributed by atoms with Crippen LogP contribution in [0.4, 0.5) is 0 Å². The number of hydrogen-bond acceptors (Lipinski definition) is 5. The molecule has 0 radical (unpaired) electrons. The summed E-state index contributed by atoms with van der Waals surface area (Å²) in [5.74, 6) is 1.30. The van der Waals surface area contributed by atoms with Crippen LogP contribution in [0.15, 0.2) is 41.6 Å². The van der Waals surface area contributed by atoms with Crippen molar-refractivity contribution in [1.82, 2.24) is 20.2 Å². The summed E-state index contributed by atoms with van der Waals surface area (Å²) in [5.41, 5.74) is 3.26. The van der Waals surface area contributed by atoms with Crippen LogP contribution in [0.2, 0.25) is 10.0 Å². The molecule has 8 heteroatoms. The molecular weight excluding hydrogens is 379 g/mol. The third kappa shape index (κ3) is 4.26. The summed E-state index contributed by atoms with van der Waals surface area (Å²) in [6, 6.07) is 11.3. The average molecular weight is 395 g/mol. The standard InChI is InChI=1S/C17H16Cl2N4OS/c1-11-4-3-5-12(2)16(11)23-17(20-21-22-23)25-9-8-24-15-7-6-13(18)10-14(15)19/h3-7,10H,8-9H2,1-2H3. The lowest BCUT2D eigenvalue weighted by atomic mass is 10.1. The number of aryl methyl sites for hydroxylation is 2. The maximum absolute atomic E-state index is 6.10. The van der Waals surface area contributed by atoms with Crippen molar-refractivity contribution in [3.63, 3.8) is 0 Å². The van der Waals surface area contributed by atoms with E-state index < -0.39 is 0 Å². The minimum absolute atomic E-state index is 0.478. The van der Waals surface area contributed by atoms with Crippen molar-refractivity contribution < 1.29 is 4.74 Å². The molecule has 0 atom stereocenters. The minimum Gasteiger partial charge on any atom is -0.491 e.